The van der Waals surface area contributed by atoms with Gasteiger partial charge < -0.3 is 50.0 Å². The Morgan fingerprint density at radius 2 is 0.769 bits per heavy atom. The molecule has 0 aliphatic heterocycles. The standard InChI is InChI=1S/C23H16FN2.C13H6F6N.C13H12FN2.C12H8F2N.C11H6F2N.2C6H5NO2.C5H8O2.5Ir/c24-19-13-11-18(12-14-19)23-17-22(15-16-25-23)26(20-7-3-1-4-8-20)21-9-5-2-6-10-21;14-12(15,16)9-5-8(11-3-1-2-4-20-11)6-10(7-9)13(17,18)19;1-16(2)12-7-8-15-13(9-12)10-3-5-11(14)6-4-10;1-8-4-5-15-12(6-8)10-3-2-9(13)7-11(10)14;12-8-4-5-9(10(13)7-8)11-3-1-2-6-14-11;2*8-6(9)5-3-1-2-4-7-5;1-4(6)3-5(2)7;;;;;/h1-11,13-17H;1-5,7H;3,5-9H,1-2H3;2,4-7H,1H3;1-4,6-7H;2*1-4H,(H,8,9);3,6H,1-2H3;;;;;/q5*-1;;;;;;;;. The van der Waals surface area contributed by atoms with Crippen molar-refractivity contribution in [2.24, 2.45) is 0 Å². The van der Waals surface area contributed by atoms with Crippen molar-refractivity contribution in [3.8, 4) is 56.3 Å². The SMILES string of the molecule is CC(=O)C=C(C)O.CN(C)c1ccnc(-c2[c-]cc(F)cc2)c1.Cc1ccnc(-c2[c-]cc(F)cc2F)c1.FC(F)(F)c1[c-]c(-c2ccccn2)cc(C(F)(F)F)c1.Fc1c[c-]c(-c2cc(N(c3ccccc3)c3ccccc3)ccn2)cc1.Fc1c[c-]c(-c2ccccn2)c(F)c1.O=C(O)c1ccccn1.O=C(O)c1ccccn1.[Ir].[Ir].[Ir].[Ir].[Ir]. The fraction of sp³-hybridized carbons (Fsp3) is 0.0787. The van der Waals surface area contributed by atoms with Crippen molar-refractivity contribution in [3.05, 3.63) is 391 Å². The van der Waals surface area contributed by atoms with E-state index in [1.54, 1.807) is 85.5 Å². The van der Waals surface area contributed by atoms with Crippen LogP contribution in [0.15, 0.2) is 298 Å². The number of alkyl halides is 6. The summed E-state index contributed by atoms with van der Waals surface area (Å²) in [5, 5.41) is 25.0. The van der Waals surface area contributed by atoms with Gasteiger partial charge in [0.2, 0.25) is 0 Å². The fourth-order valence-corrected chi connectivity index (χ4v) is 9.57. The average molecular weight is 2550 g/mol. The van der Waals surface area contributed by atoms with E-state index < -0.39 is 58.7 Å². The van der Waals surface area contributed by atoms with Crippen molar-refractivity contribution in [1.29, 1.82) is 0 Å². The zero-order chi connectivity index (χ0) is 84.3. The monoisotopic (exact) mass is 2550 g/mol. The molecular formula is C89H66F12Ir5N9O6-5. The van der Waals surface area contributed by atoms with E-state index in [2.05, 4.69) is 88.3 Å². The first kappa shape index (κ1) is 106. The minimum atomic E-state index is -4.91. The number of anilines is 4. The van der Waals surface area contributed by atoms with Crippen molar-refractivity contribution < 1.29 is 183 Å². The van der Waals surface area contributed by atoms with Gasteiger partial charge in [0.25, 0.3) is 0 Å². The molecule has 32 heteroatoms. The molecule has 121 heavy (non-hydrogen) atoms. The summed E-state index contributed by atoms with van der Waals surface area (Å²) in [5.74, 6) is -5.20. The molecule has 0 saturated carbocycles. The summed E-state index contributed by atoms with van der Waals surface area (Å²) in [5.41, 5.74) is 6.45. The number of halogens is 12. The second kappa shape index (κ2) is 53.4. The summed E-state index contributed by atoms with van der Waals surface area (Å²) in [6, 6.07) is 76.7. The van der Waals surface area contributed by atoms with Crippen molar-refractivity contribution in [1.82, 2.24) is 34.9 Å². The van der Waals surface area contributed by atoms with E-state index >= 15 is 0 Å². The van der Waals surface area contributed by atoms with Gasteiger partial charge in [0.15, 0.2) is 5.78 Å². The molecule has 15 nitrogen and oxygen atoms in total. The van der Waals surface area contributed by atoms with Crippen LogP contribution in [0.2, 0.25) is 0 Å². The number of carboxylic acid groups (broad SMARTS) is 2. The van der Waals surface area contributed by atoms with Crippen molar-refractivity contribution in [2.45, 2.75) is 33.1 Å². The van der Waals surface area contributed by atoms with Gasteiger partial charge in [-0.2, -0.15) is 26.3 Å². The molecule has 14 rings (SSSR count). The third kappa shape index (κ3) is 36.3. The first-order chi connectivity index (χ1) is 55.3. The van der Waals surface area contributed by atoms with Crippen LogP contribution in [0.25, 0.3) is 56.3 Å². The van der Waals surface area contributed by atoms with Crippen molar-refractivity contribution >= 4 is 40.5 Å². The number of carbonyl (C=O) groups is 3. The molecule has 3 N–H and O–H groups in total. The number of para-hydroxylation sites is 2. The molecule has 0 bridgehead atoms. The van der Waals surface area contributed by atoms with Crippen LogP contribution in [-0.2, 0) is 118 Å². The summed E-state index contributed by atoms with van der Waals surface area (Å²) in [6.45, 7) is 4.73. The smallest absolute Gasteiger partial charge is 0.399 e. The van der Waals surface area contributed by atoms with Gasteiger partial charge in [-0.25, -0.2) is 19.6 Å². The van der Waals surface area contributed by atoms with E-state index in [4.69, 9.17) is 15.3 Å². The number of hydrogen-bond donors (Lipinski definition) is 3. The number of aliphatic hydroxyl groups is 1. The summed E-state index contributed by atoms with van der Waals surface area (Å²) in [7, 11) is 3.93. The maximum absolute atomic E-state index is 13.4. The normalized spacial score (nSPS) is 10.1. The molecular weight excluding hydrogens is 2480 g/mol. The summed E-state index contributed by atoms with van der Waals surface area (Å²) in [4.78, 5) is 62.0. The molecule has 0 atom stereocenters. The van der Waals surface area contributed by atoms with Crippen molar-refractivity contribution in [2.75, 3.05) is 23.9 Å². The number of aliphatic hydroxyl groups excluding tert-OH is 1. The molecule has 0 aliphatic carbocycles. The van der Waals surface area contributed by atoms with Crippen LogP contribution >= 0.6 is 0 Å². The molecule has 0 unspecified atom stereocenters. The maximum atomic E-state index is 13.4. The second-order valence-corrected chi connectivity index (χ2v) is 23.9. The van der Waals surface area contributed by atoms with Gasteiger partial charge in [0.05, 0.1) is 5.76 Å². The topological polar surface area (TPSA) is 209 Å². The number of aromatic nitrogens is 7. The third-order valence-corrected chi connectivity index (χ3v) is 14.8. The van der Waals surface area contributed by atoms with E-state index in [1.165, 1.54) is 93.1 Å². The van der Waals surface area contributed by atoms with Crippen LogP contribution in [0.5, 0.6) is 0 Å². The van der Waals surface area contributed by atoms with Crippen LogP contribution in [0.4, 0.5) is 75.4 Å². The van der Waals surface area contributed by atoms with Crippen LogP contribution < -0.4 is 9.80 Å². The molecule has 7 heterocycles. The molecule has 0 fully saturated rings. The van der Waals surface area contributed by atoms with Gasteiger partial charge in [-0.15, -0.1) is 108 Å². The number of aromatic carboxylic acids is 2. The molecule has 14 aromatic rings. The number of carboxylic acids is 2. The van der Waals surface area contributed by atoms with Gasteiger partial charge in [0.1, 0.15) is 11.4 Å². The summed E-state index contributed by atoms with van der Waals surface area (Å²) in [6.07, 6.45) is 2.18. The Balaban J connectivity index is 0.000000480. The van der Waals surface area contributed by atoms with Crippen LogP contribution in [-0.4, -0.2) is 82.0 Å². The Morgan fingerprint density at radius 1 is 0.372 bits per heavy atom. The second-order valence-electron chi connectivity index (χ2n) is 23.9. The molecule has 7 aromatic heterocycles. The number of rotatable bonds is 12. The average Bonchev–Trinajstić information content (AvgIpc) is 0.796. The number of carbonyl (C=O) groups excluding carboxylic acids is 1. The maximum Gasteiger partial charge on any atom is 0.399 e. The van der Waals surface area contributed by atoms with Gasteiger partial charge in [0, 0.05) is 222 Å². The van der Waals surface area contributed by atoms with Crippen LogP contribution in [0.3, 0.4) is 0 Å². The Morgan fingerprint density at radius 3 is 1.12 bits per heavy atom. The Labute approximate surface area is 756 Å². The van der Waals surface area contributed by atoms with Crippen LogP contribution in [0, 0.1) is 72.2 Å². The predicted molar refractivity (Wildman–Crippen MR) is 416 cm³/mol. The first-order valence-corrected chi connectivity index (χ1v) is 34.1. The van der Waals surface area contributed by atoms with Crippen molar-refractivity contribution in [3.63, 3.8) is 0 Å². The molecule has 7 aromatic carbocycles. The molecule has 5 radical (unpaired) electrons. The number of benzene rings is 7. The van der Waals surface area contributed by atoms with E-state index in [1.807, 2.05) is 98.7 Å². The summed E-state index contributed by atoms with van der Waals surface area (Å²) < 4.78 is 154. The van der Waals surface area contributed by atoms with E-state index in [0.717, 1.165) is 75.1 Å². The molecule has 0 spiro atoms. The number of nitrogens with zero attached hydrogens (tertiary/aromatic N) is 9. The van der Waals surface area contributed by atoms with Gasteiger partial charge >= 0.3 is 24.3 Å². The number of ketones is 1. The number of aryl methyl sites for hydroxylation is 1. The zero-order valence-corrected chi connectivity index (χ0v) is 75.5. The van der Waals surface area contributed by atoms with Gasteiger partial charge in [-0.05, 0) is 139 Å². The van der Waals surface area contributed by atoms with E-state index in [-0.39, 0.29) is 164 Å². The van der Waals surface area contributed by atoms with Crippen LogP contribution in [0.1, 0.15) is 51.5 Å². The fourth-order valence-electron chi connectivity index (χ4n) is 9.57. The molecule has 0 aliphatic rings. The Hall–Kier alpha value is -11.3. The quantitative estimate of drug-likeness (QED) is 0.0450. The third-order valence-electron chi connectivity index (χ3n) is 14.8. The number of pyridine rings is 7. The minimum Gasteiger partial charge on any atom is -0.512 e. The molecule has 0 saturated heterocycles. The largest absolute Gasteiger partial charge is 0.512 e. The first-order valence-electron chi connectivity index (χ1n) is 34.1. The molecule has 0 amide bonds. The summed E-state index contributed by atoms with van der Waals surface area (Å²) >= 11 is 0. The number of hydrogen-bond acceptors (Lipinski definition) is 13. The van der Waals surface area contributed by atoms with Gasteiger partial charge in [-0.3, -0.25) is 31.1 Å². The Bertz CT molecular complexity index is 5370. The molecule has 637 valence electrons. The van der Waals surface area contributed by atoms with Gasteiger partial charge in [-0.1, -0.05) is 120 Å². The van der Waals surface area contributed by atoms with E-state index in [9.17, 15) is 67.1 Å². The zero-order valence-electron chi connectivity index (χ0n) is 63.5. The predicted octanol–water partition coefficient (Wildman–Crippen LogP) is 22.0. The Kier molecular flexibility index (Phi) is 46.7. The van der Waals surface area contributed by atoms with E-state index in [0.29, 0.717) is 17.5 Å². The number of allylic oxidation sites excluding steroid dienone is 2. The minimum absolute atomic E-state index is 0.